The van der Waals surface area contributed by atoms with Gasteiger partial charge in [0.05, 0.1) is 12.5 Å². The molecule has 0 aliphatic carbocycles. The molecule has 2 aliphatic rings. The van der Waals surface area contributed by atoms with E-state index in [0.29, 0.717) is 44.7 Å². The molecule has 0 saturated carbocycles. The zero-order chi connectivity index (χ0) is 22.6. The second-order valence-corrected chi connectivity index (χ2v) is 11.4. The molecule has 2 amide bonds. The number of likely N-dealkylation sites (tertiary alicyclic amines) is 1. The fourth-order valence-electron chi connectivity index (χ4n) is 4.35. The van der Waals surface area contributed by atoms with E-state index in [1.54, 1.807) is 16.2 Å². The third-order valence-corrected chi connectivity index (χ3v) is 8.91. The molecule has 2 N–H and O–H groups in total. The molecule has 2 aromatic heterocycles. The number of hydrogen-bond donors (Lipinski definition) is 2. The quantitative estimate of drug-likeness (QED) is 0.666. The number of piperidine rings is 1. The number of nitrogens with one attached hydrogen (secondary N) is 2. The minimum Gasteiger partial charge on any atom is -0.356 e. The average molecular weight is 479 g/mol. The SMILES string of the molecule is O=C(NCc1cccs1)[C@@H]1CCCN(S(=O)(=O)c2c[nH]c(C(=O)N3CCCCCC3)c2)C1. The van der Waals surface area contributed by atoms with Crippen LogP contribution in [-0.2, 0) is 21.4 Å². The van der Waals surface area contributed by atoms with Crippen LogP contribution in [0.4, 0.5) is 0 Å². The number of thiophene rings is 1. The summed E-state index contributed by atoms with van der Waals surface area (Å²) in [7, 11) is -3.78. The van der Waals surface area contributed by atoms with Gasteiger partial charge in [-0.2, -0.15) is 4.31 Å². The molecular weight excluding hydrogens is 448 g/mol. The van der Waals surface area contributed by atoms with Crippen LogP contribution in [0.2, 0.25) is 0 Å². The molecule has 0 spiro atoms. The highest BCUT2D eigenvalue weighted by Crippen LogP contribution is 2.25. The lowest BCUT2D eigenvalue weighted by molar-refractivity contribution is -0.126. The molecule has 32 heavy (non-hydrogen) atoms. The normalized spacial score (nSPS) is 20.6. The van der Waals surface area contributed by atoms with Crippen molar-refractivity contribution in [2.45, 2.75) is 50.0 Å². The van der Waals surface area contributed by atoms with Crippen LogP contribution in [0.25, 0.3) is 0 Å². The maximum atomic E-state index is 13.2. The summed E-state index contributed by atoms with van der Waals surface area (Å²) in [6.45, 7) is 2.39. The summed E-state index contributed by atoms with van der Waals surface area (Å²) >= 11 is 1.57. The topological polar surface area (TPSA) is 103 Å². The zero-order valence-electron chi connectivity index (χ0n) is 18.1. The predicted octanol–water partition coefficient (Wildman–Crippen LogP) is 2.81. The Kier molecular flexibility index (Phi) is 7.32. The monoisotopic (exact) mass is 478 g/mol. The van der Waals surface area contributed by atoms with Gasteiger partial charge in [-0.1, -0.05) is 18.9 Å². The van der Waals surface area contributed by atoms with Gasteiger partial charge in [-0.05, 0) is 43.2 Å². The van der Waals surface area contributed by atoms with Gasteiger partial charge < -0.3 is 15.2 Å². The van der Waals surface area contributed by atoms with Crippen molar-refractivity contribution in [1.82, 2.24) is 19.5 Å². The Hall–Kier alpha value is -2.17. The number of hydrogen-bond acceptors (Lipinski definition) is 5. The Morgan fingerprint density at radius 2 is 1.91 bits per heavy atom. The molecule has 0 aromatic carbocycles. The van der Waals surface area contributed by atoms with E-state index in [-0.39, 0.29) is 29.2 Å². The molecule has 4 heterocycles. The van der Waals surface area contributed by atoms with Crippen molar-refractivity contribution in [1.29, 1.82) is 0 Å². The van der Waals surface area contributed by atoms with Crippen LogP contribution in [0.3, 0.4) is 0 Å². The van der Waals surface area contributed by atoms with E-state index in [0.717, 1.165) is 30.6 Å². The number of carbonyl (C=O) groups is 2. The molecule has 0 radical (unpaired) electrons. The summed E-state index contributed by atoms with van der Waals surface area (Å²) in [6, 6.07) is 5.33. The highest BCUT2D eigenvalue weighted by atomic mass is 32.2. The standard InChI is InChI=1S/C22H30N4O4S2/c27-21(24-14-18-8-6-12-31-18)17-7-5-11-26(16-17)32(29,30)19-13-20(23-15-19)22(28)25-9-3-1-2-4-10-25/h6,8,12-13,15,17,23H,1-5,7,9-11,14,16H2,(H,24,27)/t17-/m1/s1. The van der Waals surface area contributed by atoms with Crippen molar-refractivity contribution in [2.75, 3.05) is 26.2 Å². The van der Waals surface area contributed by atoms with Crippen LogP contribution in [0.5, 0.6) is 0 Å². The minimum absolute atomic E-state index is 0.0790. The molecule has 0 bridgehead atoms. The first-order chi connectivity index (χ1) is 15.4. The van der Waals surface area contributed by atoms with Crippen molar-refractivity contribution >= 4 is 33.2 Å². The van der Waals surface area contributed by atoms with E-state index in [2.05, 4.69) is 10.3 Å². The Bertz CT molecular complexity index is 1020. The smallest absolute Gasteiger partial charge is 0.270 e. The molecule has 0 unspecified atom stereocenters. The number of aromatic nitrogens is 1. The lowest BCUT2D eigenvalue weighted by Gasteiger charge is -2.30. The maximum Gasteiger partial charge on any atom is 0.270 e. The molecule has 1 atom stereocenters. The van der Waals surface area contributed by atoms with Gasteiger partial charge in [0, 0.05) is 37.3 Å². The van der Waals surface area contributed by atoms with E-state index < -0.39 is 10.0 Å². The first-order valence-electron chi connectivity index (χ1n) is 11.2. The molecule has 2 aromatic rings. The van der Waals surface area contributed by atoms with Gasteiger partial charge in [0.1, 0.15) is 10.6 Å². The molecule has 2 fully saturated rings. The summed E-state index contributed by atoms with van der Waals surface area (Å²) in [4.78, 5) is 31.2. The summed E-state index contributed by atoms with van der Waals surface area (Å²) in [5, 5.41) is 4.88. The largest absolute Gasteiger partial charge is 0.356 e. The third kappa shape index (κ3) is 5.24. The van der Waals surface area contributed by atoms with E-state index >= 15 is 0 Å². The highest BCUT2D eigenvalue weighted by Gasteiger charge is 2.34. The molecule has 2 aliphatic heterocycles. The second kappa shape index (κ2) is 10.2. The lowest BCUT2D eigenvalue weighted by atomic mass is 9.99. The maximum absolute atomic E-state index is 13.2. The minimum atomic E-state index is -3.78. The van der Waals surface area contributed by atoms with Crippen molar-refractivity contribution in [3.63, 3.8) is 0 Å². The van der Waals surface area contributed by atoms with Gasteiger partial charge in [-0.3, -0.25) is 9.59 Å². The molecule has 10 heteroatoms. The van der Waals surface area contributed by atoms with E-state index in [4.69, 9.17) is 0 Å². The van der Waals surface area contributed by atoms with Gasteiger partial charge in [0.2, 0.25) is 15.9 Å². The first kappa shape index (κ1) is 23.0. The predicted molar refractivity (Wildman–Crippen MR) is 123 cm³/mol. The van der Waals surface area contributed by atoms with Gasteiger partial charge in [-0.25, -0.2) is 8.42 Å². The van der Waals surface area contributed by atoms with Crippen LogP contribution >= 0.6 is 11.3 Å². The molecule has 174 valence electrons. The van der Waals surface area contributed by atoms with Crippen molar-refractivity contribution in [3.05, 3.63) is 40.3 Å². The first-order valence-corrected chi connectivity index (χ1v) is 13.5. The van der Waals surface area contributed by atoms with Gasteiger partial charge in [0.25, 0.3) is 5.91 Å². The number of rotatable bonds is 6. The van der Waals surface area contributed by atoms with Crippen molar-refractivity contribution in [3.8, 4) is 0 Å². The number of aromatic amines is 1. The Labute approximate surface area is 193 Å². The Morgan fingerprint density at radius 1 is 1.12 bits per heavy atom. The number of amides is 2. The summed E-state index contributed by atoms with van der Waals surface area (Å²) in [6.07, 6.45) is 6.86. The Balaban J connectivity index is 1.40. The van der Waals surface area contributed by atoms with Gasteiger partial charge in [0.15, 0.2) is 0 Å². The lowest BCUT2D eigenvalue weighted by Crippen LogP contribution is -2.45. The third-order valence-electron chi connectivity index (χ3n) is 6.19. The van der Waals surface area contributed by atoms with Crippen LogP contribution in [0.15, 0.2) is 34.7 Å². The number of sulfonamides is 1. The second-order valence-electron chi connectivity index (χ2n) is 8.45. The molecule has 2 saturated heterocycles. The summed E-state index contributed by atoms with van der Waals surface area (Å²) in [5.74, 6) is -0.655. The van der Waals surface area contributed by atoms with Gasteiger partial charge >= 0.3 is 0 Å². The molecular formula is C22H30N4O4S2. The number of nitrogens with zero attached hydrogens (tertiary/aromatic N) is 2. The zero-order valence-corrected chi connectivity index (χ0v) is 19.7. The van der Waals surface area contributed by atoms with E-state index in [1.165, 1.54) is 16.6 Å². The highest BCUT2D eigenvalue weighted by molar-refractivity contribution is 7.89. The van der Waals surface area contributed by atoms with Crippen LogP contribution in [-0.4, -0.2) is 60.6 Å². The number of H-pyrrole nitrogens is 1. The fraction of sp³-hybridized carbons (Fsp3) is 0.545. The average Bonchev–Trinajstić information content (AvgIpc) is 3.44. The van der Waals surface area contributed by atoms with Crippen LogP contribution < -0.4 is 5.32 Å². The summed E-state index contributed by atoms with van der Waals surface area (Å²) < 4.78 is 27.8. The number of carbonyl (C=O) groups excluding carboxylic acids is 2. The Morgan fingerprint density at radius 3 is 2.62 bits per heavy atom. The van der Waals surface area contributed by atoms with Crippen molar-refractivity contribution < 1.29 is 18.0 Å². The van der Waals surface area contributed by atoms with E-state index in [9.17, 15) is 18.0 Å². The fourth-order valence-corrected chi connectivity index (χ4v) is 6.51. The molecule has 8 nitrogen and oxygen atoms in total. The van der Waals surface area contributed by atoms with E-state index in [1.807, 2.05) is 17.5 Å². The van der Waals surface area contributed by atoms with Crippen LogP contribution in [0.1, 0.15) is 53.9 Å². The molecule has 4 rings (SSSR count). The van der Waals surface area contributed by atoms with Gasteiger partial charge in [-0.15, -0.1) is 11.3 Å². The van der Waals surface area contributed by atoms with Crippen molar-refractivity contribution in [2.24, 2.45) is 5.92 Å². The summed E-state index contributed by atoms with van der Waals surface area (Å²) in [5.41, 5.74) is 0.299. The van der Waals surface area contributed by atoms with Crippen LogP contribution in [0, 0.1) is 5.92 Å².